The summed E-state index contributed by atoms with van der Waals surface area (Å²) in [7, 11) is 3.94. The van der Waals surface area contributed by atoms with Gasteiger partial charge in [-0.2, -0.15) is 0 Å². The summed E-state index contributed by atoms with van der Waals surface area (Å²) in [5.41, 5.74) is 2.23. The van der Waals surface area contributed by atoms with E-state index in [-0.39, 0.29) is 17.6 Å². The van der Waals surface area contributed by atoms with Crippen LogP contribution in [-0.4, -0.2) is 50.3 Å². The molecule has 4 rings (SSSR count). The highest BCUT2D eigenvalue weighted by Crippen LogP contribution is 2.28. The van der Waals surface area contributed by atoms with E-state index >= 15 is 0 Å². The summed E-state index contributed by atoms with van der Waals surface area (Å²) in [6, 6.07) is 12.3. The first-order chi connectivity index (χ1) is 14.8. The second kappa shape index (κ2) is 8.70. The summed E-state index contributed by atoms with van der Waals surface area (Å²) in [6.07, 6.45) is 0. The number of ketones is 1. The lowest BCUT2D eigenvalue weighted by atomic mass is 10.1. The number of halogens is 1. The molecule has 0 aliphatic rings. The van der Waals surface area contributed by atoms with E-state index in [4.69, 9.17) is 16.0 Å². The Balaban J connectivity index is 1.61. The van der Waals surface area contributed by atoms with Crippen LogP contribution in [0.5, 0.6) is 0 Å². The van der Waals surface area contributed by atoms with E-state index in [0.717, 1.165) is 11.5 Å². The van der Waals surface area contributed by atoms with Crippen molar-refractivity contribution in [1.82, 2.24) is 24.6 Å². The number of fused-ring (bicyclic) bond motifs is 1. The number of hydrogen-bond donors (Lipinski definition) is 1. The maximum atomic E-state index is 12.8. The predicted octanol–water partition coefficient (Wildman–Crippen LogP) is 3.95. The predicted molar refractivity (Wildman–Crippen MR) is 120 cm³/mol. The van der Waals surface area contributed by atoms with Crippen LogP contribution in [0.15, 0.2) is 56.8 Å². The molecule has 1 N–H and O–H groups in total. The highest BCUT2D eigenvalue weighted by atomic mass is 35.5. The first kappa shape index (κ1) is 21.4. The minimum Gasteiger partial charge on any atom is -0.408 e. The zero-order valence-corrected chi connectivity index (χ0v) is 18.7. The van der Waals surface area contributed by atoms with Gasteiger partial charge in [0.15, 0.2) is 22.3 Å². The number of carbonyl (C=O) groups is 1. The largest absolute Gasteiger partial charge is 0.417 e. The van der Waals surface area contributed by atoms with E-state index in [1.807, 2.05) is 42.6 Å². The topological polar surface area (TPSA) is 97.0 Å². The molecule has 0 aliphatic carbocycles. The van der Waals surface area contributed by atoms with Crippen molar-refractivity contribution in [1.29, 1.82) is 0 Å². The number of Topliss-reactive ketones (excluding diaryl/α,β-unsaturated/α-hetero) is 1. The maximum Gasteiger partial charge on any atom is 0.417 e. The lowest BCUT2D eigenvalue weighted by molar-refractivity contribution is 0.102. The van der Waals surface area contributed by atoms with Crippen molar-refractivity contribution in [2.75, 3.05) is 19.8 Å². The standard InChI is InChI=1S/C21H20ClN5O3S/c1-12(26(2)3)19-24-25-20(27(19)15-7-5-14(22)6-8-15)31-11-17(28)13-4-9-16-18(10-13)30-21(29)23-16/h4-10,12H,11H2,1-3H3,(H,23,29)/t12-/m0/s1. The smallest absolute Gasteiger partial charge is 0.408 e. The molecule has 0 spiro atoms. The van der Waals surface area contributed by atoms with Crippen LogP contribution in [0.1, 0.15) is 29.1 Å². The Morgan fingerprint density at radius 1 is 1.23 bits per heavy atom. The first-order valence-electron chi connectivity index (χ1n) is 9.50. The van der Waals surface area contributed by atoms with Gasteiger partial charge in [-0.25, -0.2) is 4.79 Å². The molecular weight excluding hydrogens is 438 g/mol. The number of oxazole rings is 1. The van der Waals surface area contributed by atoms with Crippen LogP contribution in [0.25, 0.3) is 16.8 Å². The monoisotopic (exact) mass is 457 g/mol. The molecule has 2 heterocycles. The Labute approximate surface area is 187 Å². The molecule has 2 aromatic heterocycles. The number of carbonyl (C=O) groups excluding carboxylic acids is 1. The number of nitrogens with one attached hydrogen (secondary N) is 1. The Kier molecular flexibility index (Phi) is 5.99. The van der Waals surface area contributed by atoms with Gasteiger partial charge in [-0.05, 0) is 63.5 Å². The van der Waals surface area contributed by atoms with Crippen LogP contribution >= 0.6 is 23.4 Å². The molecular formula is C21H20ClN5O3S. The molecule has 0 unspecified atom stereocenters. The Bertz CT molecular complexity index is 1290. The van der Waals surface area contributed by atoms with Crippen molar-refractivity contribution >= 4 is 40.2 Å². The van der Waals surface area contributed by atoms with Gasteiger partial charge in [0.05, 0.1) is 17.3 Å². The number of rotatable bonds is 7. The van der Waals surface area contributed by atoms with E-state index in [2.05, 4.69) is 15.2 Å². The van der Waals surface area contributed by atoms with Crippen molar-refractivity contribution in [2.45, 2.75) is 18.1 Å². The lowest BCUT2D eigenvalue weighted by Gasteiger charge is -2.20. The third-order valence-corrected chi connectivity index (χ3v) is 6.15. The van der Waals surface area contributed by atoms with Crippen LogP contribution in [0.2, 0.25) is 5.02 Å². The molecule has 0 bridgehead atoms. The molecule has 8 nitrogen and oxygen atoms in total. The molecule has 0 radical (unpaired) electrons. The molecule has 0 amide bonds. The van der Waals surface area contributed by atoms with E-state index in [1.54, 1.807) is 30.3 Å². The van der Waals surface area contributed by atoms with E-state index in [1.165, 1.54) is 11.8 Å². The summed E-state index contributed by atoms with van der Waals surface area (Å²) < 4.78 is 6.99. The molecule has 10 heteroatoms. The number of thioether (sulfide) groups is 1. The number of nitrogens with zero attached hydrogens (tertiary/aromatic N) is 4. The second-order valence-corrected chi connectivity index (χ2v) is 8.61. The highest BCUT2D eigenvalue weighted by molar-refractivity contribution is 7.99. The van der Waals surface area contributed by atoms with Crippen molar-refractivity contribution in [3.63, 3.8) is 0 Å². The minimum absolute atomic E-state index is 0.00660. The van der Waals surface area contributed by atoms with Gasteiger partial charge in [0, 0.05) is 16.3 Å². The van der Waals surface area contributed by atoms with Gasteiger partial charge in [0.1, 0.15) is 0 Å². The lowest BCUT2D eigenvalue weighted by Crippen LogP contribution is -2.20. The van der Waals surface area contributed by atoms with Crippen LogP contribution in [0, 0.1) is 0 Å². The molecule has 0 saturated carbocycles. The number of aromatic nitrogens is 4. The fraction of sp³-hybridized carbons (Fsp3) is 0.238. The molecule has 160 valence electrons. The van der Waals surface area contributed by atoms with Crippen LogP contribution in [0.3, 0.4) is 0 Å². The second-order valence-electron chi connectivity index (χ2n) is 7.23. The van der Waals surface area contributed by atoms with E-state index in [9.17, 15) is 9.59 Å². The van der Waals surface area contributed by atoms with Gasteiger partial charge in [-0.15, -0.1) is 10.2 Å². The normalized spacial score (nSPS) is 12.5. The summed E-state index contributed by atoms with van der Waals surface area (Å²) in [6.45, 7) is 2.04. The van der Waals surface area contributed by atoms with Gasteiger partial charge >= 0.3 is 5.76 Å². The third-order valence-electron chi connectivity index (χ3n) is 4.97. The molecule has 0 saturated heterocycles. The molecule has 0 aliphatic heterocycles. The number of H-pyrrole nitrogens is 1. The van der Waals surface area contributed by atoms with Gasteiger partial charge in [-0.1, -0.05) is 23.4 Å². The molecule has 31 heavy (non-hydrogen) atoms. The SMILES string of the molecule is C[C@@H](c1nnc(SCC(=O)c2ccc3[nH]c(=O)oc3c2)n1-c1ccc(Cl)cc1)N(C)C. The fourth-order valence-corrected chi connectivity index (χ4v) is 4.02. The average Bonchev–Trinajstić information content (AvgIpc) is 3.33. The Morgan fingerprint density at radius 3 is 2.68 bits per heavy atom. The Hall–Kier alpha value is -2.88. The summed E-state index contributed by atoms with van der Waals surface area (Å²) >= 11 is 7.35. The van der Waals surface area contributed by atoms with E-state index in [0.29, 0.717) is 26.8 Å². The molecule has 4 aromatic rings. The molecule has 1 atom stereocenters. The van der Waals surface area contributed by atoms with Crippen molar-refractivity contribution < 1.29 is 9.21 Å². The van der Waals surface area contributed by atoms with E-state index < -0.39 is 5.76 Å². The third kappa shape index (κ3) is 4.43. The average molecular weight is 458 g/mol. The summed E-state index contributed by atoms with van der Waals surface area (Å²) in [4.78, 5) is 28.7. The summed E-state index contributed by atoms with van der Waals surface area (Å²) in [5, 5.41) is 9.96. The quantitative estimate of drug-likeness (QED) is 0.331. The fourth-order valence-electron chi connectivity index (χ4n) is 3.04. The van der Waals surface area contributed by atoms with Gasteiger partial charge < -0.3 is 4.42 Å². The van der Waals surface area contributed by atoms with Crippen molar-refractivity contribution in [3.05, 3.63) is 69.4 Å². The van der Waals surface area contributed by atoms with Gasteiger partial charge in [0.2, 0.25) is 0 Å². The summed E-state index contributed by atoms with van der Waals surface area (Å²) in [5.74, 6) is 0.261. The molecule has 0 fully saturated rings. The van der Waals surface area contributed by atoms with Crippen LogP contribution in [0.4, 0.5) is 0 Å². The zero-order valence-electron chi connectivity index (χ0n) is 17.1. The minimum atomic E-state index is -0.549. The highest BCUT2D eigenvalue weighted by Gasteiger charge is 2.22. The van der Waals surface area contributed by atoms with Crippen molar-refractivity contribution in [2.24, 2.45) is 0 Å². The van der Waals surface area contributed by atoms with Crippen LogP contribution < -0.4 is 5.76 Å². The van der Waals surface area contributed by atoms with Crippen molar-refractivity contribution in [3.8, 4) is 5.69 Å². The molecule has 2 aromatic carbocycles. The number of aromatic amines is 1. The maximum absolute atomic E-state index is 12.8. The van der Waals surface area contributed by atoms with Gasteiger partial charge in [-0.3, -0.25) is 19.2 Å². The number of benzene rings is 2. The number of hydrogen-bond acceptors (Lipinski definition) is 7. The Morgan fingerprint density at radius 2 is 1.97 bits per heavy atom. The first-order valence-corrected chi connectivity index (χ1v) is 10.9. The zero-order chi connectivity index (χ0) is 22.1. The van der Waals surface area contributed by atoms with Gasteiger partial charge in [0.25, 0.3) is 0 Å². The van der Waals surface area contributed by atoms with Crippen LogP contribution in [-0.2, 0) is 0 Å².